The highest BCUT2D eigenvalue weighted by atomic mass is 79.9. The number of aromatic nitrogens is 2. The van der Waals surface area contributed by atoms with Gasteiger partial charge in [-0.05, 0) is 22.0 Å². The number of hydrogen-bond acceptors (Lipinski definition) is 3. The first kappa shape index (κ1) is 9.18. The second kappa shape index (κ2) is 3.40. The van der Waals surface area contributed by atoms with Crippen LogP contribution in [-0.2, 0) is 7.05 Å². The second-order valence-corrected chi connectivity index (χ2v) is 4.16. The Bertz CT molecular complexity index is 312. The van der Waals surface area contributed by atoms with Crippen LogP contribution in [0, 0.1) is 0 Å². The Morgan fingerprint density at radius 1 is 1.69 bits per heavy atom. The standard InChI is InChI=1S/C8H12BrN3O/c1-12-6(2-8(9)11-12)5-3-10-4-7(5)13/h2,5,7,10,13H,3-4H2,1H3/t5-,7+/m0/s1. The maximum Gasteiger partial charge on any atom is 0.128 e. The van der Waals surface area contributed by atoms with Crippen molar-refractivity contribution in [1.29, 1.82) is 0 Å². The van der Waals surface area contributed by atoms with Crippen LogP contribution >= 0.6 is 15.9 Å². The van der Waals surface area contributed by atoms with E-state index >= 15 is 0 Å². The molecule has 1 aliphatic rings. The fourth-order valence-corrected chi connectivity index (χ4v) is 2.23. The van der Waals surface area contributed by atoms with Crippen molar-refractivity contribution in [3.05, 3.63) is 16.4 Å². The molecule has 1 saturated heterocycles. The van der Waals surface area contributed by atoms with Crippen molar-refractivity contribution in [3.63, 3.8) is 0 Å². The first-order valence-corrected chi connectivity index (χ1v) is 5.06. The van der Waals surface area contributed by atoms with Gasteiger partial charge in [0.25, 0.3) is 0 Å². The molecule has 13 heavy (non-hydrogen) atoms. The first-order chi connectivity index (χ1) is 6.18. The van der Waals surface area contributed by atoms with E-state index in [1.165, 1.54) is 0 Å². The molecule has 2 atom stereocenters. The van der Waals surface area contributed by atoms with E-state index in [-0.39, 0.29) is 12.0 Å². The molecule has 0 saturated carbocycles. The number of rotatable bonds is 1. The summed E-state index contributed by atoms with van der Waals surface area (Å²) in [6, 6.07) is 1.96. The molecule has 1 aromatic heterocycles. The molecule has 0 radical (unpaired) electrons. The lowest BCUT2D eigenvalue weighted by atomic mass is 10.0. The van der Waals surface area contributed by atoms with Gasteiger partial charge in [-0.15, -0.1) is 0 Å². The number of halogens is 1. The Kier molecular flexibility index (Phi) is 2.40. The van der Waals surface area contributed by atoms with Crippen LogP contribution in [0.2, 0.25) is 0 Å². The van der Waals surface area contributed by atoms with Gasteiger partial charge in [0.2, 0.25) is 0 Å². The summed E-state index contributed by atoms with van der Waals surface area (Å²) >= 11 is 3.32. The molecule has 0 amide bonds. The van der Waals surface area contributed by atoms with Gasteiger partial charge in [-0.3, -0.25) is 4.68 Å². The van der Waals surface area contributed by atoms with Gasteiger partial charge in [0.1, 0.15) is 4.60 Å². The molecule has 0 bridgehead atoms. The molecule has 4 nitrogen and oxygen atoms in total. The van der Waals surface area contributed by atoms with Gasteiger partial charge in [-0.2, -0.15) is 5.10 Å². The third kappa shape index (κ3) is 1.63. The summed E-state index contributed by atoms with van der Waals surface area (Å²) in [5.41, 5.74) is 1.07. The van der Waals surface area contributed by atoms with Crippen LogP contribution in [-0.4, -0.2) is 34.1 Å². The topological polar surface area (TPSA) is 50.1 Å². The van der Waals surface area contributed by atoms with Gasteiger partial charge >= 0.3 is 0 Å². The van der Waals surface area contributed by atoms with E-state index in [4.69, 9.17) is 0 Å². The minimum atomic E-state index is -0.290. The van der Waals surface area contributed by atoms with Crippen LogP contribution in [0.5, 0.6) is 0 Å². The first-order valence-electron chi connectivity index (χ1n) is 4.26. The second-order valence-electron chi connectivity index (χ2n) is 3.35. The third-order valence-electron chi connectivity index (χ3n) is 2.45. The van der Waals surface area contributed by atoms with Crippen LogP contribution in [0.1, 0.15) is 11.6 Å². The average Bonchev–Trinajstić information content (AvgIpc) is 2.58. The molecule has 2 heterocycles. The smallest absolute Gasteiger partial charge is 0.128 e. The van der Waals surface area contributed by atoms with Crippen LogP contribution in [0.4, 0.5) is 0 Å². The van der Waals surface area contributed by atoms with Crippen molar-refractivity contribution in [2.75, 3.05) is 13.1 Å². The number of nitrogens with zero attached hydrogens (tertiary/aromatic N) is 2. The lowest BCUT2D eigenvalue weighted by molar-refractivity contribution is 0.174. The van der Waals surface area contributed by atoms with Crippen molar-refractivity contribution in [2.24, 2.45) is 7.05 Å². The van der Waals surface area contributed by atoms with Crippen LogP contribution in [0.15, 0.2) is 10.7 Å². The van der Waals surface area contributed by atoms with Gasteiger partial charge in [0.05, 0.1) is 6.10 Å². The maximum atomic E-state index is 9.66. The van der Waals surface area contributed by atoms with E-state index < -0.39 is 0 Å². The van der Waals surface area contributed by atoms with Crippen LogP contribution < -0.4 is 5.32 Å². The van der Waals surface area contributed by atoms with Gasteiger partial charge in [-0.25, -0.2) is 0 Å². The Balaban J connectivity index is 2.28. The summed E-state index contributed by atoms with van der Waals surface area (Å²) in [5, 5.41) is 17.0. The molecular weight excluding hydrogens is 234 g/mol. The molecule has 1 aromatic rings. The van der Waals surface area contributed by atoms with E-state index in [9.17, 15) is 5.11 Å². The normalized spacial score (nSPS) is 28.2. The highest BCUT2D eigenvalue weighted by Crippen LogP contribution is 2.24. The van der Waals surface area contributed by atoms with Crippen LogP contribution in [0.3, 0.4) is 0 Å². The summed E-state index contributed by atoms with van der Waals surface area (Å²) in [4.78, 5) is 0. The highest BCUT2D eigenvalue weighted by Gasteiger charge is 2.28. The minimum absolute atomic E-state index is 0.170. The number of β-amino-alcohol motifs (C(OH)–C–C–N with tert-alkyl or cyclic N) is 1. The Hall–Kier alpha value is -0.390. The van der Waals surface area contributed by atoms with E-state index in [1.807, 2.05) is 17.8 Å². The molecule has 1 fully saturated rings. The quantitative estimate of drug-likeness (QED) is 0.745. The molecule has 0 spiro atoms. The van der Waals surface area contributed by atoms with Crippen LogP contribution in [0.25, 0.3) is 0 Å². The third-order valence-corrected chi connectivity index (χ3v) is 2.84. The fraction of sp³-hybridized carbons (Fsp3) is 0.625. The van der Waals surface area contributed by atoms with Crippen molar-refractivity contribution < 1.29 is 5.11 Å². The molecule has 1 aliphatic heterocycles. The van der Waals surface area contributed by atoms with E-state index in [0.29, 0.717) is 6.54 Å². The van der Waals surface area contributed by atoms with Crippen molar-refractivity contribution in [2.45, 2.75) is 12.0 Å². The lowest BCUT2D eigenvalue weighted by Gasteiger charge is -2.12. The number of hydrogen-bond donors (Lipinski definition) is 2. The summed E-state index contributed by atoms with van der Waals surface area (Å²) in [6.07, 6.45) is -0.290. The zero-order chi connectivity index (χ0) is 9.42. The highest BCUT2D eigenvalue weighted by molar-refractivity contribution is 9.10. The zero-order valence-corrected chi connectivity index (χ0v) is 8.95. The Morgan fingerprint density at radius 3 is 2.92 bits per heavy atom. The minimum Gasteiger partial charge on any atom is -0.391 e. The molecule has 2 rings (SSSR count). The Labute approximate surface area is 85.1 Å². The fourth-order valence-electron chi connectivity index (χ4n) is 1.76. The van der Waals surface area contributed by atoms with Gasteiger partial charge < -0.3 is 10.4 Å². The van der Waals surface area contributed by atoms with E-state index in [1.54, 1.807) is 0 Å². The molecular formula is C8H12BrN3O. The number of aliphatic hydroxyl groups is 1. The molecule has 5 heteroatoms. The molecule has 72 valence electrons. The van der Waals surface area contributed by atoms with Gasteiger partial charge in [-0.1, -0.05) is 0 Å². The summed E-state index contributed by atoms with van der Waals surface area (Å²) < 4.78 is 2.63. The predicted octanol–water partition coefficient (Wildman–Crippen LogP) is 0.230. The summed E-state index contributed by atoms with van der Waals surface area (Å²) in [7, 11) is 1.89. The molecule has 2 N–H and O–H groups in total. The summed E-state index contributed by atoms with van der Waals surface area (Å²) in [5.74, 6) is 0.170. The van der Waals surface area contributed by atoms with Crippen molar-refractivity contribution >= 4 is 15.9 Å². The number of aliphatic hydroxyl groups excluding tert-OH is 1. The van der Waals surface area contributed by atoms with Crippen molar-refractivity contribution in [3.8, 4) is 0 Å². The Morgan fingerprint density at radius 2 is 2.46 bits per heavy atom. The molecule has 0 aromatic carbocycles. The zero-order valence-electron chi connectivity index (χ0n) is 7.37. The predicted molar refractivity (Wildman–Crippen MR) is 52.5 cm³/mol. The van der Waals surface area contributed by atoms with Gasteiger partial charge in [0.15, 0.2) is 0 Å². The molecule has 0 aliphatic carbocycles. The monoisotopic (exact) mass is 245 g/mol. The van der Waals surface area contributed by atoms with E-state index in [2.05, 4.69) is 26.3 Å². The molecule has 0 unspecified atom stereocenters. The number of nitrogens with one attached hydrogen (secondary N) is 1. The van der Waals surface area contributed by atoms with Gasteiger partial charge in [0, 0.05) is 31.7 Å². The maximum absolute atomic E-state index is 9.66. The largest absolute Gasteiger partial charge is 0.391 e. The summed E-state index contributed by atoms with van der Waals surface area (Å²) in [6.45, 7) is 1.50. The SMILES string of the molecule is Cn1nc(Br)cc1[C@@H]1CNC[C@H]1O. The number of aryl methyl sites for hydroxylation is 1. The van der Waals surface area contributed by atoms with Crippen molar-refractivity contribution in [1.82, 2.24) is 15.1 Å². The van der Waals surface area contributed by atoms with E-state index in [0.717, 1.165) is 16.8 Å². The lowest BCUT2D eigenvalue weighted by Crippen LogP contribution is -2.18. The average molecular weight is 246 g/mol.